The number of carbonyl (C=O) groups is 1. The molecule has 0 atom stereocenters. The number of rotatable bonds is 3. The monoisotopic (exact) mass is 280 g/mol. The molecule has 2 aromatic carbocycles. The molecule has 1 amide bonds. The molecule has 0 saturated heterocycles. The number of hydrogen-bond acceptors (Lipinski definition) is 2. The highest BCUT2D eigenvalue weighted by Gasteiger charge is 2.15. The zero-order valence-electron chi connectivity index (χ0n) is 12.1. The van der Waals surface area contributed by atoms with Crippen LogP contribution in [0.1, 0.15) is 45.5 Å². The van der Waals surface area contributed by atoms with Crippen LogP contribution in [0.4, 0.5) is 5.69 Å². The van der Waals surface area contributed by atoms with Gasteiger partial charge in [-0.15, -0.1) is 0 Å². The van der Waals surface area contributed by atoms with E-state index in [1.165, 1.54) is 35.1 Å². The average Bonchev–Trinajstić information content (AvgIpc) is 2.51. The second-order valence-corrected chi connectivity index (χ2v) is 5.72. The third-order valence-corrected chi connectivity index (χ3v) is 4.30. The summed E-state index contributed by atoms with van der Waals surface area (Å²) in [7, 11) is 0. The zero-order chi connectivity index (χ0) is 14.8. The largest absolute Gasteiger partial charge is 0.398 e. The maximum absolute atomic E-state index is 11.1. The SMILES string of the molecule is NC(=O)c1ccc(Cc2ccc(N)c3c2CCCC3)cc1. The predicted molar refractivity (Wildman–Crippen MR) is 85.3 cm³/mol. The standard InChI is InChI=1S/C18H20N2O/c19-17-10-9-14(15-3-1-2-4-16(15)17)11-12-5-7-13(8-6-12)18(20)21/h5-10H,1-4,11,19H2,(H2,20,21). The molecule has 21 heavy (non-hydrogen) atoms. The van der Waals surface area contributed by atoms with E-state index >= 15 is 0 Å². The highest BCUT2D eigenvalue weighted by Crippen LogP contribution is 2.30. The van der Waals surface area contributed by atoms with E-state index in [1.807, 2.05) is 18.2 Å². The molecule has 0 aliphatic heterocycles. The molecule has 3 rings (SSSR count). The van der Waals surface area contributed by atoms with Gasteiger partial charge in [-0.1, -0.05) is 18.2 Å². The van der Waals surface area contributed by atoms with Crippen molar-refractivity contribution in [2.75, 3.05) is 5.73 Å². The fourth-order valence-electron chi connectivity index (χ4n) is 3.14. The molecular formula is C18H20N2O. The van der Waals surface area contributed by atoms with Gasteiger partial charge in [0, 0.05) is 11.3 Å². The molecule has 3 heteroatoms. The Labute approximate surface area is 125 Å². The number of primary amides is 1. The summed E-state index contributed by atoms with van der Waals surface area (Å²) in [6.07, 6.45) is 5.56. The smallest absolute Gasteiger partial charge is 0.248 e. The molecular weight excluding hydrogens is 260 g/mol. The third kappa shape index (κ3) is 2.77. The van der Waals surface area contributed by atoms with Crippen molar-refractivity contribution >= 4 is 11.6 Å². The number of nitrogen functional groups attached to an aromatic ring is 1. The van der Waals surface area contributed by atoms with Crippen molar-refractivity contribution in [3.63, 3.8) is 0 Å². The normalized spacial score (nSPS) is 13.7. The first-order chi connectivity index (χ1) is 10.1. The second-order valence-electron chi connectivity index (χ2n) is 5.72. The molecule has 108 valence electrons. The zero-order valence-corrected chi connectivity index (χ0v) is 12.1. The van der Waals surface area contributed by atoms with E-state index in [0.717, 1.165) is 24.9 Å². The third-order valence-electron chi connectivity index (χ3n) is 4.30. The minimum Gasteiger partial charge on any atom is -0.398 e. The van der Waals surface area contributed by atoms with Crippen LogP contribution in [0.3, 0.4) is 0 Å². The van der Waals surface area contributed by atoms with Crippen LogP contribution in [0.5, 0.6) is 0 Å². The lowest BCUT2D eigenvalue weighted by atomic mass is 9.85. The van der Waals surface area contributed by atoms with Gasteiger partial charge in [0.1, 0.15) is 0 Å². The molecule has 0 radical (unpaired) electrons. The molecule has 3 nitrogen and oxygen atoms in total. The van der Waals surface area contributed by atoms with Gasteiger partial charge in [0.25, 0.3) is 0 Å². The minimum atomic E-state index is -0.383. The van der Waals surface area contributed by atoms with Crippen LogP contribution < -0.4 is 11.5 Å². The Kier molecular flexibility index (Phi) is 3.65. The summed E-state index contributed by atoms with van der Waals surface area (Å²) in [5.74, 6) is -0.383. The summed E-state index contributed by atoms with van der Waals surface area (Å²) in [5, 5.41) is 0. The fourth-order valence-corrected chi connectivity index (χ4v) is 3.14. The lowest BCUT2D eigenvalue weighted by Crippen LogP contribution is -2.11. The molecule has 0 spiro atoms. The number of benzene rings is 2. The van der Waals surface area contributed by atoms with Gasteiger partial charge in [0.05, 0.1) is 0 Å². The quantitative estimate of drug-likeness (QED) is 0.849. The van der Waals surface area contributed by atoms with E-state index in [2.05, 4.69) is 6.07 Å². The van der Waals surface area contributed by atoms with E-state index in [1.54, 1.807) is 12.1 Å². The first-order valence-corrected chi connectivity index (χ1v) is 7.43. The first kappa shape index (κ1) is 13.7. The second kappa shape index (κ2) is 5.60. The summed E-state index contributed by atoms with van der Waals surface area (Å²) in [5.41, 5.74) is 18.2. The van der Waals surface area contributed by atoms with E-state index in [4.69, 9.17) is 11.5 Å². The molecule has 0 aromatic heterocycles. The average molecular weight is 280 g/mol. The molecule has 2 aromatic rings. The van der Waals surface area contributed by atoms with Crippen LogP contribution in [0.2, 0.25) is 0 Å². The first-order valence-electron chi connectivity index (χ1n) is 7.43. The fraction of sp³-hybridized carbons (Fsp3) is 0.278. The summed E-state index contributed by atoms with van der Waals surface area (Å²) < 4.78 is 0. The van der Waals surface area contributed by atoms with Crippen LogP contribution in [0, 0.1) is 0 Å². The lowest BCUT2D eigenvalue weighted by Gasteiger charge is -2.21. The number of amides is 1. The topological polar surface area (TPSA) is 69.1 Å². The Bertz CT molecular complexity index is 674. The van der Waals surface area contributed by atoms with Gasteiger partial charge in [0.2, 0.25) is 5.91 Å². The molecule has 0 bridgehead atoms. The van der Waals surface area contributed by atoms with Gasteiger partial charge in [-0.05, 0) is 72.6 Å². The maximum Gasteiger partial charge on any atom is 0.248 e. The highest BCUT2D eigenvalue weighted by molar-refractivity contribution is 5.92. The van der Waals surface area contributed by atoms with Crippen molar-refractivity contribution in [2.24, 2.45) is 5.73 Å². The molecule has 1 aliphatic rings. The van der Waals surface area contributed by atoms with Crippen LogP contribution in [0.25, 0.3) is 0 Å². The number of fused-ring (bicyclic) bond motifs is 1. The molecule has 1 aliphatic carbocycles. The summed E-state index contributed by atoms with van der Waals surface area (Å²) in [6, 6.07) is 11.7. The van der Waals surface area contributed by atoms with E-state index in [9.17, 15) is 4.79 Å². The van der Waals surface area contributed by atoms with Crippen molar-refractivity contribution in [2.45, 2.75) is 32.1 Å². The number of carbonyl (C=O) groups excluding carboxylic acids is 1. The van der Waals surface area contributed by atoms with Crippen molar-refractivity contribution < 1.29 is 4.79 Å². The van der Waals surface area contributed by atoms with Crippen LogP contribution in [-0.2, 0) is 19.3 Å². The van der Waals surface area contributed by atoms with Gasteiger partial charge in [-0.25, -0.2) is 0 Å². The molecule has 0 unspecified atom stereocenters. The van der Waals surface area contributed by atoms with E-state index in [0.29, 0.717) is 5.56 Å². The molecule has 0 fully saturated rings. The van der Waals surface area contributed by atoms with Crippen LogP contribution in [-0.4, -0.2) is 5.91 Å². The number of anilines is 1. The summed E-state index contributed by atoms with van der Waals surface area (Å²) in [4.78, 5) is 11.1. The van der Waals surface area contributed by atoms with E-state index in [-0.39, 0.29) is 5.91 Å². The summed E-state index contributed by atoms with van der Waals surface area (Å²) >= 11 is 0. The summed E-state index contributed by atoms with van der Waals surface area (Å²) in [6.45, 7) is 0. The van der Waals surface area contributed by atoms with Gasteiger partial charge >= 0.3 is 0 Å². The van der Waals surface area contributed by atoms with Crippen LogP contribution in [0.15, 0.2) is 36.4 Å². The van der Waals surface area contributed by atoms with Gasteiger partial charge in [-0.2, -0.15) is 0 Å². The van der Waals surface area contributed by atoms with Crippen molar-refractivity contribution in [3.8, 4) is 0 Å². The van der Waals surface area contributed by atoms with Crippen molar-refractivity contribution in [1.82, 2.24) is 0 Å². The Morgan fingerprint density at radius 1 is 0.952 bits per heavy atom. The maximum atomic E-state index is 11.1. The van der Waals surface area contributed by atoms with Crippen LogP contribution >= 0.6 is 0 Å². The van der Waals surface area contributed by atoms with Gasteiger partial charge in [0.15, 0.2) is 0 Å². The highest BCUT2D eigenvalue weighted by atomic mass is 16.1. The number of nitrogens with two attached hydrogens (primary N) is 2. The van der Waals surface area contributed by atoms with Gasteiger partial charge in [-0.3, -0.25) is 4.79 Å². The minimum absolute atomic E-state index is 0.383. The number of hydrogen-bond donors (Lipinski definition) is 2. The Balaban J connectivity index is 1.89. The van der Waals surface area contributed by atoms with Crippen molar-refractivity contribution in [1.29, 1.82) is 0 Å². The van der Waals surface area contributed by atoms with Crippen molar-refractivity contribution in [3.05, 3.63) is 64.2 Å². The lowest BCUT2D eigenvalue weighted by molar-refractivity contribution is 0.100. The van der Waals surface area contributed by atoms with E-state index < -0.39 is 0 Å². The Hall–Kier alpha value is -2.29. The molecule has 0 heterocycles. The van der Waals surface area contributed by atoms with Gasteiger partial charge < -0.3 is 11.5 Å². The Morgan fingerprint density at radius 2 is 1.62 bits per heavy atom. The molecule has 0 saturated carbocycles. The Morgan fingerprint density at radius 3 is 2.29 bits per heavy atom. The molecule has 4 N–H and O–H groups in total. The predicted octanol–water partition coefficient (Wildman–Crippen LogP) is 2.84.